The molecule has 2 aromatic rings. The summed E-state index contributed by atoms with van der Waals surface area (Å²) in [5.41, 5.74) is 1.23. The van der Waals surface area contributed by atoms with E-state index in [4.69, 9.17) is 0 Å². The fourth-order valence-electron chi connectivity index (χ4n) is 2.85. The van der Waals surface area contributed by atoms with Gasteiger partial charge in [0.15, 0.2) is 0 Å². The van der Waals surface area contributed by atoms with Gasteiger partial charge in [0.05, 0.1) is 16.6 Å². The van der Waals surface area contributed by atoms with E-state index in [1.165, 1.54) is 0 Å². The van der Waals surface area contributed by atoms with E-state index in [0.29, 0.717) is 6.54 Å². The number of urea groups is 1. The van der Waals surface area contributed by atoms with Crippen LogP contribution in [0.5, 0.6) is 0 Å². The third-order valence-electron chi connectivity index (χ3n) is 4.97. The first-order valence-electron chi connectivity index (χ1n) is 9.01. The predicted molar refractivity (Wildman–Crippen MR) is 101 cm³/mol. The van der Waals surface area contributed by atoms with E-state index in [2.05, 4.69) is 26.3 Å². The average Bonchev–Trinajstić information content (AvgIpc) is 2.91. The number of para-hydroxylation sites is 2. The maximum atomic E-state index is 11.9. The number of aromatic nitrogens is 2. The number of nitrogens with zero attached hydrogens (tertiary/aromatic N) is 2. The van der Waals surface area contributed by atoms with Crippen LogP contribution in [0.1, 0.15) is 39.4 Å². The molecule has 1 heterocycles. The van der Waals surface area contributed by atoms with Gasteiger partial charge >= 0.3 is 6.03 Å². The van der Waals surface area contributed by atoms with Crippen molar-refractivity contribution in [1.82, 2.24) is 20.2 Å². The number of rotatable bonds is 8. The van der Waals surface area contributed by atoms with Gasteiger partial charge in [0, 0.05) is 19.6 Å². The number of nitrogens with one attached hydrogen (secondary N) is 2. The number of benzene rings is 1. The summed E-state index contributed by atoms with van der Waals surface area (Å²) in [5.74, 6) is 1.11. The molecule has 2 rings (SSSR count). The third-order valence-corrected chi connectivity index (χ3v) is 4.97. The zero-order valence-electron chi connectivity index (χ0n) is 15.7. The Morgan fingerprint density at radius 3 is 2.80 bits per heavy atom. The van der Waals surface area contributed by atoms with Crippen molar-refractivity contribution in [3.05, 3.63) is 30.1 Å². The van der Waals surface area contributed by atoms with Crippen molar-refractivity contribution in [1.29, 1.82) is 0 Å². The highest BCUT2D eigenvalue weighted by molar-refractivity contribution is 5.76. The van der Waals surface area contributed by atoms with Crippen LogP contribution in [0.3, 0.4) is 0 Å². The number of imidazole rings is 1. The van der Waals surface area contributed by atoms with Crippen LogP contribution in [-0.4, -0.2) is 39.4 Å². The summed E-state index contributed by atoms with van der Waals surface area (Å²) < 4.78 is 2.17. The lowest BCUT2D eigenvalue weighted by molar-refractivity contribution is 0.00791. The average molecular weight is 346 g/mol. The van der Waals surface area contributed by atoms with E-state index in [-0.39, 0.29) is 18.5 Å². The minimum absolute atomic E-state index is 0.130. The second kappa shape index (κ2) is 8.34. The summed E-state index contributed by atoms with van der Waals surface area (Å²) in [6, 6.07) is 7.82. The van der Waals surface area contributed by atoms with Gasteiger partial charge in [-0.3, -0.25) is 0 Å². The molecular weight excluding hydrogens is 316 g/mol. The fraction of sp³-hybridized carbons (Fsp3) is 0.579. The highest BCUT2D eigenvalue weighted by atomic mass is 16.3. The van der Waals surface area contributed by atoms with Crippen LogP contribution in [0, 0.1) is 12.8 Å². The number of aryl methyl sites for hydroxylation is 2. The number of carbonyl (C=O) groups is 1. The molecule has 138 valence electrons. The van der Waals surface area contributed by atoms with E-state index in [9.17, 15) is 9.90 Å². The number of aliphatic hydroxyl groups is 1. The van der Waals surface area contributed by atoms with Crippen molar-refractivity contribution in [3.8, 4) is 0 Å². The zero-order valence-corrected chi connectivity index (χ0v) is 15.7. The minimum atomic E-state index is -0.890. The summed E-state index contributed by atoms with van der Waals surface area (Å²) >= 11 is 0. The van der Waals surface area contributed by atoms with Gasteiger partial charge < -0.3 is 20.3 Å². The maximum Gasteiger partial charge on any atom is 0.314 e. The van der Waals surface area contributed by atoms with Gasteiger partial charge in [-0.1, -0.05) is 32.4 Å². The second-order valence-electron chi connectivity index (χ2n) is 6.93. The summed E-state index contributed by atoms with van der Waals surface area (Å²) in [6.45, 7) is 9.39. The Morgan fingerprint density at radius 1 is 1.36 bits per heavy atom. The molecule has 0 aliphatic carbocycles. The van der Waals surface area contributed by atoms with Crippen LogP contribution < -0.4 is 10.6 Å². The van der Waals surface area contributed by atoms with Crippen LogP contribution >= 0.6 is 0 Å². The molecule has 0 fully saturated rings. The summed E-state index contributed by atoms with van der Waals surface area (Å²) in [4.78, 5) is 16.4. The molecule has 2 amide bonds. The molecule has 25 heavy (non-hydrogen) atoms. The van der Waals surface area contributed by atoms with Crippen LogP contribution in [0.15, 0.2) is 24.3 Å². The largest absolute Gasteiger partial charge is 0.388 e. The SMILES string of the molecule is CCC(C)C(C)(O)CNC(=O)NCCCn1c(C)nc2ccccc21. The molecule has 1 aromatic heterocycles. The molecule has 0 radical (unpaired) electrons. The Hall–Kier alpha value is -2.08. The van der Waals surface area contributed by atoms with Crippen molar-refractivity contribution in [2.24, 2.45) is 5.92 Å². The Balaban J connectivity index is 1.75. The topological polar surface area (TPSA) is 79.2 Å². The van der Waals surface area contributed by atoms with Gasteiger partial charge in [-0.05, 0) is 38.3 Å². The Kier molecular flexibility index (Phi) is 6.42. The molecule has 6 heteroatoms. The lowest BCUT2D eigenvalue weighted by atomic mass is 9.89. The van der Waals surface area contributed by atoms with Crippen LogP contribution in [0.25, 0.3) is 11.0 Å². The Labute approximate surface area is 149 Å². The number of fused-ring (bicyclic) bond motifs is 1. The minimum Gasteiger partial charge on any atom is -0.388 e. The molecule has 0 spiro atoms. The van der Waals surface area contributed by atoms with Gasteiger partial charge in [-0.25, -0.2) is 9.78 Å². The molecule has 2 unspecified atom stereocenters. The van der Waals surface area contributed by atoms with Crippen molar-refractivity contribution in [2.45, 2.75) is 52.7 Å². The molecule has 0 aliphatic heterocycles. The molecule has 6 nitrogen and oxygen atoms in total. The van der Waals surface area contributed by atoms with Gasteiger partial charge in [0.25, 0.3) is 0 Å². The van der Waals surface area contributed by atoms with Crippen LogP contribution in [-0.2, 0) is 6.54 Å². The molecule has 0 bridgehead atoms. The van der Waals surface area contributed by atoms with E-state index in [1.807, 2.05) is 39.0 Å². The van der Waals surface area contributed by atoms with Gasteiger partial charge in [0.2, 0.25) is 0 Å². The van der Waals surface area contributed by atoms with E-state index in [1.54, 1.807) is 6.92 Å². The first-order chi connectivity index (χ1) is 11.8. The zero-order chi connectivity index (χ0) is 18.4. The number of amides is 2. The molecule has 2 atom stereocenters. The monoisotopic (exact) mass is 346 g/mol. The molecule has 0 aliphatic rings. The third kappa shape index (κ3) is 4.95. The fourth-order valence-corrected chi connectivity index (χ4v) is 2.85. The first-order valence-corrected chi connectivity index (χ1v) is 9.01. The number of carbonyl (C=O) groups excluding carboxylic acids is 1. The second-order valence-corrected chi connectivity index (χ2v) is 6.93. The van der Waals surface area contributed by atoms with E-state index < -0.39 is 5.60 Å². The van der Waals surface area contributed by atoms with Gasteiger partial charge in [0.1, 0.15) is 5.82 Å². The van der Waals surface area contributed by atoms with Crippen molar-refractivity contribution in [3.63, 3.8) is 0 Å². The molecule has 3 N–H and O–H groups in total. The van der Waals surface area contributed by atoms with Crippen LogP contribution in [0.4, 0.5) is 4.79 Å². The van der Waals surface area contributed by atoms with Crippen molar-refractivity contribution < 1.29 is 9.90 Å². The van der Waals surface area contributed by atoms with E-state index in [0.717, 1.165) is 36.2 Å². The van der Waals surface area contributed by atoms with Crippen molar-refractivity contribution >= 4 is 17.1 Å². The number of hydrogen-bond acceptors (Lipinski definition) is 3. The summed E-state index contributed by atoms with van der Waals surface area (Å²) in [6.07, 6.45) is 1.69. The lowest BCUT2D eigenvalue weighted by Gasteiger charge is -2.29. The standard InChI is InChI=1S/C19H30N4O2/c1-5-14(2)19(4,25)13-21-18(24)20-11-8-12-23-15(3)22-16-9-6-7-10-17(16)23/h6-7,9-10,14,25H,5,8,11-13H2,1-4H3,(H2,20,21,24). The van der Waals surface area contributed by atoms with Gasteiger partial charge in [-0.15, -0.1) is 0 Å². The highest BCUT2D eigenvalue weighted by Gasteiger charge is 2.27. The molecule has 1 aromatic carbocycles. The quantitative estimate of drug-likeness (QED) is 0.643. The van der Waals surface area contributed by atoms with Crippen LogP contribution in [0.2, 0.25) is 0 Å². The van der Waals surface area contributed by atoms with Crippen molar-refractivity contribution in [2.75, 3.05) is 13.1 Å². The highest BCUT2D eigenvalue weighted by Crippen LogP contribution is 2.18. The normalized spacial score (nSPS) is 14.9. The van der Waals surface area contributed by atoms with Gasteiger partial charge in [-0.2, -0.15) is 0 Å². The first kappa shape index (κ1) is 19.2. The summed E-state index contributed by atoms with van der Waals surface area (Å²) in [7, 11) is 0. The summed E-state index contributed by atoms with van der Waals surface area (Å²) in [5, 5.41) is 15.9. The Morgan fingerprint density at radius 2 is 2.08 bits per heavy atom. The smallest absolute Gasteiger partial charge is 0.314 e. The molecule has 0 saturated carbocycles. The predicted octanol–water partition coefficient (Wildman–Crippen LogP) is 2.83. The molecule has 0 saturated heterocycles. The lowest BCUT2D eigenvalue weighted by Crippen LogP contribution is -2.48. The molecular formula is C19H30N4O2. The Bertz CT molecular complexity index is 709. The number of hydrogen-bond donors (Lipinski definition) is 3. The van der Waals surface area contributed by atoms with E-state index >= 15 is 0 Å². The maximum absolute atomic E-state index is 11.9.